The lowest BCUT2D eigenvalue weighted by molar-refractivity contribution is -0.146. The number of likely N-dealkylation sites (tertiary alicyclic amines) is 2. The zero-order valence-corrected chi connectivity index (χ0v) is 23.1. The highest BCUT2D eigenvalue weighted by Crippen LogP contribution is 2.40. The Labute approximate surface area is 229 Å². The fraction of sp³-hybridized carbons (Fsp3) is 0.600. The van der Waals surface area contributed by atoms with Crippen LogP contribution in [0.25, 0.3) is 0 Å². The van der Waals surface area contributed by atoms with Gasteiger partial charge in [-0.2, -0.15) is 13.2 Å². The molecule has 0 radical (unpaired) electrons. The zero-order valence-electron chi connectivity index (χ0n) is 21.5. The van der Waals surface area contributed by atoms with Gasteiger partial charge in [-0.25, -0.2) is 17.2 Å². The van der Waals surface area contributed by atoms with E-state index in [0.717, 1.165) is 22.6 Å². The van der Waals surface area contributed by atoms with Crippen molar-refractivity contribution in [2.45, 2.75) is 50.0 Å². The van der Waals surface area contributed by atoms with Crippen molar-refractivity contribution in [2.24, 2.45) is 5.92 Å². The third kappa shape index (κ3) is 8.37. The Morgan fingerprint density at radius 3 is 2.54 bits per heavy atom. The molecule has 2 saturated heterocycles. The zero-order chi connectivity index (χ0) is 29.2. The van der Waals surface area contributed by atoms with Crippen LogP contribution in [-0.4, -0.2) is 86.9 Å². The number of sulfone groups is 1. The van der Waals surface area contributed by atoms with Crippen LogP contribution in [0.1, 0.15) is 37.7 Å². The average Bonchev–Trinajstić information content (AvgIpc) is 3.08. The second kappa shape index (κ2) is 12.1. The molecule has 218 valence electrons. The highest BCUT2D eigenvalue weighted by atomic mass is 35.5. The van der Waals surface area contributed by atoms with Crippen LogP contribution in [0.2, 0.25) is 5.02 Å². The van der Waals surface area contributed by atoms with E-state index in [1.54, 1.807) is 0 Å². The molecular weight excluding hydrogens is 569 g/mol. The number of hydrogen-bond acceptors (Lipinski definition) is 5. The van der Waals surface area contributed by atoms with Gasteiger partial charge in [0.15, 0.2) is 15.5 Å². The van der Waals surface area contributed by atoms with Gasteiger partial charge < -0.3 is 10.2 Å². The minimum Gasteiger partial charge on any atom is -0.347 e. The van der Waals surface area contributed by atoms with E-state index in [9.17, 15) is 35.6 Å². The molecule has 2 heterocycles. The van der Waals surface area contributed by atoms with Gasteiger partial charge in [-0.05, 0) is 31.9 Å². The quantitative estimate of drug-likeness (QED) is 0.482. The first-order valence-corrected chi connectivity index (χ1v) is 14.7. The van der Waals surface area contributed by atoms with E-state index in [1.165, 1.54) is 30.0 Å². The summed E-state index contributed by atoms with van der Waals surface area (Å²) in [4.78, 5) is 28.6. The second-order valence-electron chi connectivity index (χ2n) is 10.2. The van der Waals surface area contributed by atoms with Gasteiger partial charge in [-0.3, -0.25) is 14.5 Å². The van der Waals surface area contributed by atoms with Gasteiger partial charge in [0.25, 0.3) is 5.91 Å². The summed E-state index contributed by atoms with van der Waals surface area (Å²) in [5.41, 5.74) is -2.37. The normalized spacial score (nSPS) is 26.0. The molecule has 2 aliphatic rings. The minimum atomic E-state index is -4.53. The minimum absolute atomic E-state index is 0.000939. The van der Waals surface area contributed by atoms with Crippen LogP contribution in [-0.2, 0) is 19.4 Å². The van der Waals surface area contributed by atoms with E-state index in [2.05, 4.69) is 5.32 Å². The van der Waals surface area contributed by atoms with Crippen molar-refractivity contribution in [3.8, 4) is 0 Å². The summed E-state index contributed by atoms with van der Waals surface area (Å²) in [6.45, 7) is -0.428. The van der Waals surface area contributed by atoms with Crippen LogP contribution < -0.4 is 5.32 Å². The summed E-state index contributed by atoms with van der Waals surface area (Å²) in [6, 6.07) is 3.12. The molecule has 39 heavy (non-hydrogen) atoms. The van der Waals surface area contributed by atoms with Gasteiger partial charge in [0.2, 0.25) is 5.91 Å². The highest BCUT2D eigenvalue weighted by Gasteiger charge is 2.47. The van der Waals surface area contributed by atoms with Gasteiger partial charge in [0.05, 0.1) is 12.5 Å². The molecule has 14 heteroatoms. The molecule has 2 fully saturated rings. The lowest BCUT2D eigenvalue weighted by Crippen LogP contribution is -2.47. The maximum absolute atomic E-state index is 15.7. The molecule has 7 nitrogen and oxygen atoms in total. The van der Waals surface area contributed by atoms with Crippen LogP contribution in [0, 0.1) is 11.7 Å². The predicted octanol–water partition coefficient (Wildman–Crippen LogP) is 3.84. The van der Waals surface area contributed by atoms with Gasteiger partial charge in [0, 0.05) is 66.8 Å². The highest BCUT2D eigenvalue weighted by molar-refractivity contribution is 7.93. The Kier molecular flexibility index (Phi) is 9.70. The predicted molar refractivity (Wildman–Crippen MR) is 136 cm³/mol. The number of alkyl halides is 4. The molecule has 0 aromatic heterocycles. The monoisotopic (exact) mass is 599 g/mol. The van der Waals surface area contributed by atoms with Crippen molar-refractivity contribution >= 4 is 33.3 Å². The van der Waals surface area contributed by atoms with Gasteiger partial charge in [-0.15, -0.1) is 0 Å². The molecule has 0 spiro atoms. The van der Waals surface area contributed by atoms with Crippen LogP contribution in [0.3, 0.4) is 0 Å². The van der Waals surface area contributed by atoms with E-state index < -0.39 is 63.7 Å². The van der Waals surface area contributed by atoms with Crippen molar-refractivity contribution in [1.29, 1.82) is 0 Å². The molecule has 1 aromatic carbocycles. The molecule has 2 amide bonds. The van der Waals surface area contributed by atoms with Crippen molar-refractivity contribution < 1.29 is 40.0 Å². The molecule has 0 unspecified atom stereocenters. The molecule has 0 saturated carbocycles. The maximum atomic E-state index is 15.7. The Bertz CT molecular complexity index is 1190. The smallest absolute Gasteiger partial charge is 0.347 e. The van der Waals surface area contributed by atoms with Crippen LogP contribution in [0.15, 0.2) is 29.7 Å². The first-order chi connectivity index (χ1) is 18.0. The molecule has 3 rings (SSSR count). The topological polar surface area (TPSA) is 86.8 Å². The lowest BCUT2D eigenvalue weighted by atomic mass is 9.87. The van der Waals surface area contributed by atoms with Gasteiger partial charge in [0.1, 0.15) is 5.82 Å². The molecule has 4 atom stereocenters. The Morgan fingerprint density at radius 2 is 1.92 bits per heavy atom. The molecule has 1 N–H and O–H groups in total. The van der Waals surface area contributed by atoms with Gasteiger partial charge in [-0.1, -0.05) is 23.7 Å². The summed E-state index contributed by atoms with van der Waals surface area (Å²) < 4.78 is 92.4. The maximum Gasteiger partial charge on any atom is 0.401 e. The van der Waals surface area contributed by atoms with E-state index in [4.69, 9.17) is 11.6 Å². The summed E-state index contributed by atoms with van der Waals surface area (Å²) in [6.07, 6.45) is -2.81. The van der Waals surface area contributed by atoms with Crippen molar-refractivity contribution in [3.63, 3.8) is 0 Å². The number of rotatable bonds is 7. The van der Waals surface area contributed by atoms with Gasteiger partial charge >= 0.3 is 6.18 Å². The first kappa shape index (κ1) is 31.3. The second-order valence-corrected chi connectivity index (χ2v) is 12.6. The van der Waals surface area contributed by atoms with Crippen molar-refractivity contribution in [3.05, 3.63) is 46.1 Å². The SMILES string of the molecule is C[C@H](/C=C/S(C)(=O)=O)NC(=O)[C@@]1(F)CCCN(C(=O)[C@H]2CN(CC(F)(F)F)C[C@H]2c2c(F)cccc2Cl)CC1. The molecular formula is C25H31ClF5N3O4S. The number of benzene rings is 1. The standard InChI is InChI=1S/C25H31ClF5N3O4S/c1-16(7-12-39(2,37)38)32-23(36)24(28)8-4-10-34(11-9-24)22(35)18-14-33(15-25(29,30)31)13-17(18)21-19(26)5-3-6-20(21)27/h3,5-7,12,16-18H,4,8-11,13-15H2,1-2H3,(H,32,36)/b12-7+/t16-,17-,18+,24-/m1/s1. The summed E-state index contributed by atoms with van der Waals surface area (Å²) in [7, 11) is -3.44. The summed E-state index contributed by atoms with van der Waals surface area (Å²) >= 11 is 6.20. The van der Waals surface area contributed by atoms with E-state index in [1.807, 2.05) is 0 Å². The third-order valence-electron chi connectivity index (χ3n) is 6.96. The van der Waals surface area contributed by atoms with Crippen molar-refractivity contribution in [1.82, 2.24) is 15.1 Å². The fourth-order valence-electron chi connectivity index (χ4n) is 5.10. The Hall–Kier alpha value is -2.25. The Balaban J connectivity index is 1.76. The summed E-state index contributed by atoms with van der Waals surface area (Å²) in [5, 5.41) is 3.32. The van der Waals surface area contributed by atoms with Crippen molar-refractivity contribution in [2.75, 3.05) is 39.0 Å². The number of carbonyl (C=O) groups is 2. The number of nitrogens with zero attached hydrogens (tertiary/aromatic N) is 2. The van der Waals surface area contributed by atoms with E-state index in [0.29, 0.717) is 0 Å². The number of halogens is 6. The van der Waals surface area contributed by atoms with Crippen LogP contribution >= 0.6 is 11.6 Å². The number of carbonyl (C=O) groups excluding carboxylic acids is 2. The average molecular weight is 600 g/mol. The largest absolute Gasteiger partial charge is 0.401 e. The third-order valence-corrected chi connectivity index (χ3v) is 7.94. The number of amides is 2. The molecule has 0 aliphatic carbocycles. The van der Waals surface area contributed by atoms with E-state index in [-0.39, 0.29) is 56.0 Å². The van der Waals surface area contributed by atoms with Crippen LogP contribution in [0.5, 0.6) is 0 Å². The molecule has 1 aromatic rings. The molecule has 0 bridgehead atoms. The lowest BCUT2D eigenvalue weighted by Gasteiger charge is -2.28. The Morgan fingerprint density at radius 1 is 1.23 bits per heavy atom. The number of hydrogen-bond donors (Lipinski definition) is 1. The fourth-order valence-corrected chi connectivity index (χ4v) is 5.93. The molecule has 2 aliphatic heterocycles. The number of nitrogens with one attached hydrogen (secondary N) is 1. The summed E-state index contributed by atoms with van der Waals surface area (Å²) in [5.74, 6) is -4.23. The van der Waals surface area contributed by atoms with E-state index >= 15 is 4.39 Å². The first-order valence-electron chi connectivity index (χ1n) is 12.4. The van der Waals surface area contributed by atoms with Crippen LogP contribution in [0.4, 0.5) is 22.0 Å².